The standard InChI is InChI=1S/C27H38N2O8/c1-26(2)16-8-9-27(26,3)22(13-16)37-25(36)18-5-4-10-29(18)24(35)17(14-30)28-23(34)21(33)12-15-6-7-19(31)20(32)11-15/h6-7,11,16-18,21-22,30-33H,4-5,8-10,12-14H2,1-3H3,(H,28,34). The number of carbonyl (C=O) groups excluding carboxylic acids is 3. The molecule has 4 rings (SSSR count). The van der Waals surface area contributed by atoms with Gasteiger partial charge in [-0.3, -0.25) is 9.59 Å². The number of phenols is 2. The normalized spacial score (nSPS) is 29.6. The van der Waals surface area contributed by atoms with E-state index in [0.29, 0.717) is 30.9 Å². The van der Waals surface area contributed by atoms with Crippen molar-refractivity contribution in [3.63, 3.8) is 0 Å². The first-order valence-corrected chi connectivity index (χ1v) is 13.0. The van der Waals surface area contributed by atoms with Crippen molar-refractivity contribution in [2.45, 2.75) is 83.6 Å². The van der Waals surface area contributed by atoms with E-state index in [1.165, 1.54) is 23.1 Å². The van der Waals surface area contributed by atoms with Gasteiger partial charge in [0, 0.05) is 18.4 Å². The number of aromatic hydroxyl groups is 2. The summed E-state index contributed by atoms with van der Waals surface area (Å²) in [7, 11) is 0. The van der Waals surface area contributed by atoms with Crippen LogP contribution in [-0.4, -0.2) is 80.6 Å². The summed E-state index contributed by atoms with van der Waals surface area (Å²) in [6, 6.07) is 1.79. The Morgan fingerprint density at radius 1 is 1.16 bits per heavy atom. The fourth-order valence-corrected chi connectivity index (χ4v) is 6.47. The highest BCUT2D eigenvalue weighted by molar-refractivity contribution is 5.92. The first-order valence-electron chi connectivity index (χ1n) is 13.0. The molecule has 10 nitrogen and oxygen atoms in total. The van der Waals surface area contributed by atoms with Gasteiger partial charge in [0.2, 0.25) is 11.8 Å². The van der Waals surface area contributed by atoms with Gasteiger partial charge in [0.15, 0.2) is 11.5 Å². The molecule has 0 spiro atoms. The molecular formula is C27H38N2O8. The molecule has 204 valence electrons. The molecule has 6 atom stereocenters. The minimum absolute atomic E-state index is 0.0785. The van der Waals surface area contributed by atoms with Crippen LogP contribution < -0.4 is 5.32 Å². The molecule has 1 aromatic rings. The summed E-state index contributed by atoms with van der Waals surface area (Å²) in [4.78, 5) is 40.3. The average Bonchev–Trinajstić information content (AvgIpc) is 3.48. The van der Waals surface area contributed by atoms with Crippen LogP contribution in [0.25, 0.3) is 0 Å². The number of carbonyl (C=O) groups is 3. The zero-order chi connectivity index (χ0) is 27.1. The molecule has 2 aliphatic carbocycles. The molecule has 37 heavy (non-hydrogen) atoms. The Morgan fingerprint density at radius 3 is 2.49 bits per heavy atom. The smallest absolute Gasteiger partial charge is 0.329 e. The van der Waals surface area contributed by atoms with Crippen molar-refractivity contribution in [1.29, 1.82) is 0 Å². The summed E-state index contributed by atoms with van der Waals surface area (Å²) in [6.07, 6.45) is 2.05. The highest BCUT2D eigenvalue weighted by Crippen LogP contribution is 2.66. The monoisotopic (exact) mass is 518 g/mol. The molecule has 2 amide bonds. The number of esters is 1. The quantitative estimate of drug-likeness (QED) is 0.254. The van der Waals surface area contributed by atoms with E-state index in [2.05, 4.69) is 26.1 Å². The predicted octanol–water partition coefficient (Wildman–Crippen LogP) is 1.23. The van der Waals surface area contributed by atoms with Crippen LogP contribution >= 0.6 is 0 Å². The molecule has 10 heteroatoms. The number of likely N-dealkylation sites (tertiary alicyclic amines) is 1. The van der Waals surface area contributed by atoms with E-state index in [1.807, 2.05) is 0 Å². The molecule has 5 N–H and O–H groups in total. The van der Waals surface area contributed by atoms with Gasteiger partial charge in [0.1, 0.15) is 24.3 Å². The number of benzene rings is 1. The fourth-order valence-electron chi connectivity index (χ4n) is 6.47. The number of nitrogens with one attached hydrogen (secondary N) is 1. The van der Waals surface area contributed by atoms with Gasteiger partial charge >= 0.3 is 5.97 Å². The summed E-state index contributed by atoms with van der Waals surface area (Å²) in [5.74, 6) is -2.15. The van der Waals surface area contributed by atoms with Crippen LogP contribution in [0.1, 0.15) is 58.4 Å². The molecule has 0 aromatic heterocycles. The van der Waals surface area contributed by atoms with Crippen LogP contribution in [0.2, 0.25) is 0 Å². The number of ether oxygens (including phenoxy) is 1. The topological polar surface area (TPSA) is 157 Å². The number of amides is 2. The second-order valence-corrected chi connectivity index (χ2v) is 11.5. The van der Waals surface area contributed by atoms with Crippen LogP contribution in [0.4, 0.5) is 0 Å². The minimum atomic E-state index is -1.56. The number of aliphatic hydroxyl groups is 2. The van der Waals surface area contributed by atoms with Crippen molar-refractivity contribution in [3.05, 3.63) is 23.8 Å². The van der Waals surface area contributed by atoms with Gasteiger partial charge in [0.25, 0.3) is 0 Å². The third kappa shape index (κ3) is 4.88. The van der Waals surface area contributed by atoms with Gasteiger partial charge in [-0.25, -0.2) is 4.79 Å². The maximum atomic E-state index is 13.2. The van der Waals surface area contributed by atoms with E-state index < -0.39 is 42.6 Å². The highest BCUT2D eigenvalue weighted by atomic mass is 16.5. The first kappa shape index (κ1) is 27.2. The number of rotatable bonds is 8. The van der Waals surface area contributed by atoms with Crippen molar-refractivity contribution in [1.82, 2.24) is 10.2 Å². The molecular weight excluding hydrogens is 480 g/mol. The van der Waals surface area contributed by atoms with Gasteiger partial charge in [0.05, 0.1) is 6.61 Å². The van der Waals surface area contributed by atoms with Crippen molar-refractivity contribution in [2.24, 2.45) is 16.7 Å². The largest absolute Gasteiger partial charge is 0.504 e. The number of hydrogen-bond acceptors (Lipinski definition) is 8. The number of hydrogen-bond donors (Lipinski definition) is 5. The second kappa shape index (κ2) is 10.1. The lowest BCUT2D eigenvalue weighted by Gasteiger charge is -2.39. The van der Waals surface area contributed by atoms with Crippen LogP contribution in [-0.2, 0) is 25.5 Å². The zero-order valence-corrected chi connectivity index (χ0v) is 21.6. The molecule has 1 aliphatic heterocycles. The second-order valence-electron chi connectivity index (χ2n) is 11.5. The van der Waals surface area contributed by atoms with Gasteiger partial charge in [-0.15, -0.1) is 0 Å². The third-order valence-electron chi connectivity index (χ3n) is 9.35. The van der Waals surface area contributed by atoms with E-state index in [1.54, 1.807) is 0 Å². The van der Waals surface area contributed by atoms with E-state index in [4.69, 9.17) is 4.74 Å². The van der Waals surface area contributed by atoms with Crippen LogP contribution in [0, 0.1) is 16.7 Å². The molecule has 2 saturated carbocycles. The molecule has 1 saturated heterocycles. The molecule has 0 radical (unpaired) electrons. The van der Waals surface area contributed by atoms with Crippen LogP contribution in [0.15, 0.2) is 18.2 Å². The SMILES string of the molecule is CC1(C)C2CCC1(C)C(OC(=O)C1CCCN1C(=O)C(CO)NC(=O)C(O)Cc1ccc(O)c(O)c1)C2. The van der Waals surface area contributed by atoms with Crippen molar-refractivity contribution in [3.8, 4) is 11.5 Å². The molecule has 2 bridgehead atoms. The van der Waals surface area contributed by atoms with Gasteiger partial charge in [-0.05, 0) is 61.1 Å². The summed E-state index contributed by atoms with van der Waals surface area (Å²) >= 11 is 0. The Bertz CT molecular complexity index is 1060. The van der Waals surface area contributed by atoms with Gasteiger partial charge in [-0.1, -0.05) is 26.8 Å². The maximum Gasteiger partial charge on any atom is 0.329 e. The molecule has 6 unspecified atom stereocenters. The summed E-state index contributed by atoms with van der Waals surface area (Å²) in [5, 5.41) is 41.5. The Labute approximate surface area is 216 Å². The lowest BCUT2D eigenvalue weighted by Crippen LogP contribution is -2.55. The Balaban J connectivity index is 1.36. The predicted molar refractivity (Wildman–Crippen MR) is 132 cm³/mol. The summed E-state index contributed by atoms with van der Waals surface area (Å²) in [6.45, 7) is 6.24. The minimum Gasteiger partial charge on any atom is -0.504 e. The van der Waals surface area contributed by atoms with Crippen molar-refractivity contribution < 1.29 is 39.5 Å². The lowest BCUT2D eigenvalue weighted by molar-refractivity contribution is -0.165. The number of phenolic OH excluding ortho intramolecular Hbond substituents is 2. The van der Waals surface area contributed by atoms with Crippen molar-refractivity contribution in [2.75, 3.05) is 13.2 Å². The maximum absolute atomic E-state index is 13.2. The van der Waals surface area contributed by atoms with Crippen molar-refractivity contribution >= 4 is 17.8 Å². The van der Waals surface area contributed by atoms with E-state index in [9.17, 15) is 34.8 Å². The summed E-state index contributed by atoms with van der Waals surface area (Å²) in [5.41, 5.74) is 0.367. The fraction of sp³-hybridized carbons (Fsp3) is 0.667. The number of fused-ring (bicyclic) bond motifs is 2. The number of nitrogens with zero attached hydrogens (tertiary/aromatic N) is 1. The Kier molecular flexibility index (Phi) is 7.45. The Hall–Kier alpha value is -2.85. The number of aliphatic hydroxyl groups excluding tert-OH is 2. The van der Waals surface area contributed by atoms with Gasteiger partial charge in [-0.2, -0.15) is 0 Å². The molecule has 3 fully saturated rings. The molecule has 1 aromatic carbocycles. The Morgan fingerprint density at radius 2 is 1.89 bits per heavy atom. The molecule has 3 aliphatic rings. The van der Waals surface area contributed by atoms with Gasteiger partial charge < -0.3 is 35.4 Å². The lowest BCUT2D eigenvalue weighted by atomic mass is 9.70. The van der Waals surface area contributed by atoms with E-state index >= 15 is 0 Å². The van der Waals surface area contributed by atoms with Crippen LogP contribution in [0.5, 0.6) is 11.5 Å². The highest BCUT2D eigenvalue weighted by Gasteiger charge is 2.63. The zero-order valence-electron chi connectivity index (χ0n) is 21.6. The van der Waals surface area contributed by atoms with E-state index in [0.717, 1.165) is 19.3 Å². The average molecular weight is 519 g/mol. The third-order valence-corrected chi connectivity index (χ3v) is 9.35. The molecule has 1 heterocycles. The van der Waals surface area contributed by atoms with Crippen LogP contribution in [0.3, 0.4) is 0 Å². The van der Waals surface area contributed by atoms with E-state index in [-0.39, 0.29) is 34.9 Å². The summed E-state index contributed by atoms with van der Waals surface area (Å²) < 4.78 is 6.00. The first-order chi connectivity index (χ1) is 17.4.